The van der Waals surface area contributed by atoms with Gasteiger partial charge in [0.15, 0.2) is 0 Å². The zero-order chi connectivity index (χ0) is 21.4. The van der Waals surface area contributed by atoms with Crippen LogP contribution < -0.4 is 10.2 Å². The zero-order valence-electron chi connectivity index (χ0n) is 18.0. The molecule has 7 heteroatoms. The number of nitrogens with zero attached hydrogens (tertiary/aromatic N) is 5. The second-order valence-electron chi connectivity index (χ2n) is 8.68. The Bertz CT molecular complexity index is 1060. The Kier molecular flexibility index (Phi) is 5.28. The Morgan fingerprint density at radius 2 is 1.81 bits per heavy atom. The Morgan fingerprint density at radius 3 is 2.48 bits per heavy atom. The number of aromatic hydroxyl groups is 1. The number of benzene rings is 1. The number of anilines is 1. The van der Waals surface area contributed by atoms with Crippen molar-refractivity contribution in [2.45, 2.75) is 32.2 Å². The standard InChI is InChI=1S/C24H28N6O/c1-3-19-8-16(6-7-26-19)15-4-5-21(23(31)11-15)22-14-27-24(29-28-22)30(2)20-9-17-12-25-13-18(17)10-20/h4-8,11,14,17-18,20,25,31H,3,9-10,12-13H2,1-2H3/t17-,18+,20?. The van der Waals surface area contributed by atoms with Gasteiger partial charge in [0, 0.05) is 30.5 Å². The third kappa shape index (κ3) is 3.85. The highest BCUT2D eigenvalue weighted by atomic mass is 16.3. The fraction of sp³-hybridized carbons (Fsp3) is 0.417. The summed E-state index contributed by atoms with van der Waals surface area (Å²) in [4.78, 5) is 11.1. The van der Waals surface area contributed by atoms with Crippen molar-refractivity contribution in [3.05, 3.63) is 48.4 Å². The molecule has 1 aromatic carbocycles. The molecule has 0 bridgehead atoms. The van der Waals surface area contributed by atoms with Crippen molar-refractivity contribution >= 4 is 5.95 Å². The van der Waals surface area contributed by atoms with E-state index in [9.17, 15) is 5.11 Å². The first-order valence-corrected chi connectivity index (χ1v) is 11.0. The van der Waals surface area contributed by atoms with E-state index in [0.29, 0.717) is 23.2 Å². The van der Waals surface area contributed by atoms with Crippen LogP contribution >= 0.6 is 0 Å². The summed E-state index contributed by atoms with van der Waals surface area (Å²) >= 11 is 0. The highest BCUT2D eigenvalue weighted by Crippen LogP contribution is 2.37. The van der Waals surface area contributed by atoms with E-state index in [1.807, 2.05) is 24.3 Å². The van der Waals surface area contributed by atoms with Gasteiger partial charge in [0.1, 0.15) is 11.4 Å². The minimum atomic E-state index is 0.167. The summed E-state index contributed by atoms with van der Waals surface area (Å²) in [7, 11) is 2.06. The number of fused-ring (bicyclic) bond motifs is 1. The first-order valence-electron chi connectivity index (χ1n) is 11.0. The average Bonchev–Trinajstić information content (AvgIpc) is 3.41. The maximum atomic E-state index is 10.6. The maximum absolute atomic E-state index is 10.6. The lowest BCUT2D eigenvalue weighted by Crippen LogP contribution is -2.32. The lowest BCUT2D eigenvalue weighted by molar-refractivity contribution is 0.477. The SMILES string of the molecule is CCc1cc(-c2ccc(-c3cnc(N(C)C4C[C@H]5CNC[C@H]5C4)nn3)c(O)c2)ccn1. The van der Waals surface area contributed by atoms with Gasteiger partial charge in [-0.15, -0.1) is 10.2 Å². The number of rotatable bonds is 5. The molecule has 3 aromatic rings. The summed E-state index contributed by atoms with van der Waals surface area (Å²) in [5.74, 6) is 2.34. The number of aryl methyl sites for hydroxylation is 1. The third-order valence-corrected chi connectivity index (χ3v) is 6.83. The molecular weight excluding hydrogens is 388 g/mol. The van der Waals surface area contributed by atoms with Gasteiger partial charge >= 0.3 is 0 Å². The second-order valence-corrected chi connectivity index (χ2v) is 8.68. The van der Waals surface area contributed by atoms with Gasteiger partial charge in [-0.25, -0.2) is 4.98 Å². The molecule has 1 aliphatic heterocycles. The predicted octanol–water partition coefficient (Wildman–Crippen LogP) is 3.30. The molecule has 3 atom stereocenters. The van der Waals surface area contributed by atoms with Gasteiger partial charge in [-0.1, -0.05) is 13.0 Å². The number of hydrogen-bond acceptors (Lipinski definition) is 7. The van der Waals surface area contributed by atoms with Crippen LogP contribution in [-0.2, 0) is 6.42 Å². The Balaban J connectivity index is 1.33. The van der Waals surface area contributed by atoms with Crippen LogP contribution in [0.3, 0.4) is 0 Å². The Morgan fingerprint density at radius 1 is 1.03 bits per heavy atom. The zero-order valence-corrected chi connectivity index (χ0v) is 18.0. The van der Waals surface area contributed by atoms with Gasteiger partial charge < -0.3 is 15.3 Å². The molecule has 2 aromatic heterocycles. The van der Waals surface area contributed by atoms with Crippen molar-refractivity contribution in [1.29, 1.82) is 0 Å². The van der Waals surface area contributed by atoms with Gasteiger partial charge in [0.2, 0.25) is 5.95 Å². The van der Waals surface area contributed by atoms with E-state index < -0.39 is 0 Å². The summed E-state index contributed by atoms with van der Waals surface area (Å²) in [6, 6.07) is 10.1. The molecule has 3 heterocycles. The lowest BCUT2D eigenvalue weighted by atomic mass is 10.0. The van der Waals surface area contributed by atoms with E-state index in [1.165, 1.54) is 12.8 Å². The molecular formula is C24H28N6O. The summed E-state index contributed by atoms with van der Waals surface area (Å²) in [6.07, 6.45) is 6.73. The normalized spacial score (nSPS) is 22.5. The van der Waals surface area contributed by atoms with Crippen LogP contribution in [-0.4, -0.2) is 51.5 Å². The van der Waals surface area contributed by atoms with Crippen molar-refractivity contribution in [3.8, 4) is 28.1 Å². The molecule has 1 saturated carbocycles. The summed E-state index contributed by atoms with van der Waals surface area (Å²) < 4.78 is 0. The molecule has 0 spiro atoms. The first kappa shape index (κ1) is 19.9. The predicted molar refractivity (Wildman–Crippen MR) is 121 cm³/mol. The van der Waals surface area contributed by atoms with Crippen molar-refractivity contribution in [1.82, 2.24) is 25.5 Å². The van der Waals surface area contributed by atoms with Crippen molar-refractivity contribution in [2.75, 3.05) is 25.0 Å². The molecule has 1 saturated heterocycles. The van der Waals surface area contributed by atoms with Gasteiger partial charge in [-0.2, -0.15) is 0 Å². The lowest BCUT2D eigenvalue weighted by Gasteiger charge is -2.24. The second kappa shape index (κ2) is 8.23. The smallest absolute Gasteiger partial charge is 0.245 e. The van der Waals surface area contributed by atoms with E-state index >= 15 is 0 Å². The van der Waals surface area contributed by atoms with Crippen LogP contribution in [0, 0.1) is 11.8 Å². The fourth-order valence-electron chi connectivity index (χ4n) is 4.95. The largest absolute Gasteiger partial charge is 0.507 e. The molecule has 160 valence electrons. The quantitative estimate of drug-likeness (QED) is 0.660. The van der Waals surface area contributed by atoms with E-state index in [2.05, 4.69) is 44.4 Å². The minimum absolute atomic E-state index is 0.167. The Hall–Kier alpha value is -3.06. The monoisotopic (exact) mass is 416 g/mol. The summed E-state index contributed by atoms with van der Waals surface area (Å²) in [6.45, 7) is 4.33. The van der Waals surface area contributed by atoms with Crippen LogP contribution in [0.1, 0.15) is 25.5 Å². The molecule has 7 nitrogen and oxygen atoms in total. The van der Waals surface area contributed by atoms with Gasteiger partial charge in [-0.3, -0.25) is 4.98 Å². The van der Waals surface area contributed by atoms with Crippen LogP contribution in [0.25, 0.3) is 22.4 Å². The van der Waals surface area contributed by atoms with E-state index in [4.69, 9.17) is 0 Å². The molecule has 2 fully saturated rings. The first-order chi connectivity index (χ1) is 15.1. The van der Waals surface area contributed by atoms with Crippen molar-refractivity contribution in [2.24, 2.45) is 11.8 Å². The number of phenols is 1. The Labute approximate surface area is 182 Å². The number of aromatic nitrogens is 4. The van der Waals surface area contributed by atoms with Gasteiger partial charge in [0.05, 0.1) is 6.20 Å². The fourth-order valence-corrected chi connectivity index (χ4v) is 4.95. The van der Waals surface area contributed by atoms with Crippen LogP contribution in [0.5, 0.6) is 5.75 Å². The third-order valence-electron chi connectivity index (χ3n) is 6.83. The average molecular weight is 417 g/mol. The van der Waals surface area contributed by atoms with Crippen LogP contribution in [0.15, 0.2) is 42.7 Å². The number of hydrogen-bond donors (Lipinski definition) is 2. The van der Waals surface area contributed by atoms with E-state index in [1.54, 1.807) is 18.5 Å². The number of nitrogens with one attached hydrogen (secondary N) is 1. The maximum Gasteiger partial charge on any atom is 0.245 e. The summed E-state index contributed by atoms with van der Waals surface area (Å²) in [5, 5.41) is 22.9. The topological polar surface area (TPSA) is 87.1 Å². The molecule has 5 rings (SSSR count). The highest BCUT2D eigenvalue weighted by Gasteiger charge is 2.39. The van der Waals surface area contributed by atoms with Crippen LogP contribution in [0.2, 0.25) is 0 Å². The number of pyridine rings is 1. The summed E-state index contributed by atoms with van der Waals surface area (Å²) in [5.41, 5.74) is 4.20. The molecule has 1 aliphatic carbocycles. The number of phenolic OH excluding ortho intramolecular Hbond substituents is 1. The van der Waals surface area contributed by atoms with Gasteiger partial charge in [0.25, 0.3) is 0 Å². The van der Waals surface area contributed by atoms with Crippen molar-refractivity contribution < 1.29 is 5.11 Å². The molecule has 0 radical (unpaired) electrons. The highest BCUT2D eigenvalue weighted by molar-refractivity contribution is 5.74. The molecule has 0 amide bonds. The van der Waals surface area contributed by atoms with E-state index in [0.717, 1.165) is 48.2 Å². The molecule has 2 aliphatic rings. The molecule has 31 heavy (non-hydrogen) atoms. The molecule has 1 unspecified atom stereocenters. The van der Waals surface area contributed by atoms with Crippen LogP contribution in [0.4, 0.5) is 5.95 Å². The van der Waals surface area contributed by atoms with E-state index in [-0.39, 0.29) is 5.75 Å². The molecule has 2 N–H and O–H groups in total. The minimum Gasteiger partial charge on any atom is -0.507 e. The van der Waals surface area contributed by atoms with Crippen molar-refractivity contribution in [3.63, 3.8) is 0 Å². The van der Waals surface area contributed by atoms with Gasteiger partial charge in [-0.05, 0) is 79.6 Å².